The number of carbonyl (C=O) groups excluding carboxylic acids is 1. The van der Waals surface area contributed by atoms with Gasteiger partial charge in [0.05, 0.1) is 0 Å². The molecule has 0 spiro atoms. The Morgan fingerprint density at radius 2 is 2.00 bits per heavy atom. The predicted molar refractivity (Wildman–Crippen MR) is 56.6 cm³/mol. The fourth-order valence-corrected chi connectivity index (χ4v) is 1.06. The van der Waals surface area contributed by atoms with Crippen LogP contribution in [-0.2, 0) is 4.79 Å². The van der Waals surface area contributed by atoms with Gasteiger partial charge in [0, 0.05) is 13.0 Å². The van der Waals surface area contributed by atoms with Crippen molar-refractivity contribution >= 4 is 5.91 Å². The van der Waals surface area contributed by atoms with Gasteiger partial charge in [-0.2, -0.15) is 0 Å². The second kappa shape index (κ2) is 8.09. The van der Waals surface area contributed by atoms with E-state index in [1.807, 2.05) is 0 Å². The van der Waals surface area contributed by atoms with Crippen molar-refractivity contribution in [2.24, 2.45) is 5.92 Å². The van der Waals surface area contributed by atoms with E-state index in [0.717, 1.165) is 25.8 Å². The molecule has 1 atom stereocenters. The number of nitrogens with one attached hydrogen (secondary N) is 1. The van der Waals surface area contributed by atoms with Crippen LogP contribution in [0.2, 0.25) is 0 Å². The van der Waals surface area contributed by atoms with Gasteiger partial charge in [0.15, 0.2) is 0 Å². The van der Waals surface area contributed by atoms with Crippen LogP contribution in [0.15, 0.2) is 0 Å². The van der Waals surface area contributed by atoms with E-state index in [4.69, 9.17) is 0 Å². The third-order valence-corrected chi connectivity index (χ3v) is 2.35. The molecule has 0 saturated heterocycles. The van der Waals surface area contributed by atoms with E-state index < -0.39 is 0 Å². The molecule has 13 heavy (non-hydrogen) atoms. The molecule has 0 aromatic rings. The van der Waals surface area contributed by atoms with Crippen LogP contribution in [0, 0.1) is 5.92 Å². The average Bonchev–Trinajstić information content (AvgIpc) is 2.14. The Hall–Kier alpha value is -0.530. The maximum atomic E-state index is 11.2. The van der Waals surface area contributed by atoms with Crippen molar-refractivity contribution in [3.05, 3.63) is 0 Å². The minimum Gasteiger partial charge on any atom is -0.356 e. The van der Waals surface area contributed by atoms with Crippen LogP contribution in [0.5, 0.6) is 0 Å². The van der Waals surface area contributed by atoms with Gasteiger partial charge in [0.1, 0.15) is 0 Å². The van der Waals surface area contributed by atoms with Crippen molar-refractivity contribution in [2.45, 2.75) is 52.9 Å². The Morgan fingerprint density at radius 3 is 2.54 bits per heavy atom. The molecule has 0 aliphatic rings. The molecule has 0 saturated carbocycles. The molecule has 0 bridgehead atoms. The number of hydrogen-bond acceptors (Lipinski definition) is 1. The first kappa shape index (κ1) is 12.5. The predicted octanol–water partition coefficient (Wildman–Crippen LogP) is 2.73. The third kappa shape index (κ3) is 7.82. The highest BCUT2D eigenvalue weighted by atomic mass is 16.1. The Kier molecular flexibility index (Phi) is 7.76. The van der Waals surface area contributed by atoms with E-state index in [0.29, 0.717) is 12.3 Å². The Morgan fingerprint density at radius 1 is 1.31 bits per heavy atom. The third-order valence-electron chi connectivity index (χ3n) is 2.35. The SMILES string of the molecule is CCCCCC(=O)NCC(C)CC. The van der Waals surface area contributed by atoms with Crippen molar-refractivity contribution < 1.29 is 4.79 Å². The molecular formula is C11H23NO. The van der Waals surface area contributed by atoms with Crippen LogP contribution >= 0.6 is 0 Å². The highest BCUT2D eigenvalue weighted by Crippen LogP contribution is 2.00. The summed E-state index contributed by atoms with van der Waals surface area (Å²) in [7, 11) is 0. The molecule has 2 nitrogen and oxygen atoms in total. The van der Waals surface area contributed by atoms with E-state index in [-0.39, 0.29) is 5.91 Å². The largest absolute Gasteiger partial charge is 0.356 e. The second-order valence-electron chi connectivity index (χ2n) is 3.77. The summed E-state index contributed by atoms with van der Waals surface area (Å²) in [6, 6.07) is 0. The fourth-order valence-electron chi connectivity index (χ4n) is 1.06. The molecule has 0 aliphatic carbocycles. The molecule has 1 unspecified atom stereocenters. The summed E-state index contributed by atoms with van der Waals surface area (Å²) >= 11 is 0. The van der Waals surface area contributed by atoms with Crippen LogP contribution < -0.4 is 5.32 Å². The van der Waals surface area contributed by atoms with E-state index in [1.165, 1.54) is 6.42 Å². The first-order valence-corrected chi connectivity index (χ1v) is 5.47. The van der Waals surface area contributed by atoms with Crippen molar-refractivity contribution in [1.29, 1.82) is 0 Å². The van der Waals surface area contributed by atoms with Crippen LogP contribution in [0.1, 0.15) is 52.9 Å². The van der Waals surface area contributed by atoms with Gasteiger partial charge in [-0.05, 0) is 12.3 Å². The summed E-state index contributed by atoms with van der Waals surface area (Å²) < 4.78 is 0. The van der Waals surface area contributed by atoms with Gasteiger partial charge in [-0.15, -0.1) is 0 Å². The van der Waals surface area contributed by atoms with Gasteiger partial charge in [-0.3, -0.25) is 4.79 Å². The lowest BCUT2D eigenvalue weighted by molar-refractivity contribution is -0.121. The summed E-state index contributed by atoms with van der Waals surface area (Å²) in [4.78, 5) is 11.2. The molecular weight excluding hydrogens is 162 g/mol. The van der Waals surface area contributed by atoms with Crippen LogP contribution in [-0.4, -0.2) is 12.5 Å². The highest BCUT2D eigenvalue weighted by molar-refractivity contribution is 5.75. The Balaban J connectivity index is 3.30. The number of unbranched alkanes of at least 4 members (excludes halogenated alkanes) is 2. The smallest absolute Gasteiger partial charge is 0.220 e. The van der Waals surface area contributed by atoms with Crippen LogP contribution in [0.4, 0.5) is 0 Å². The molecule has 0 heterocycles. The molecule has 0 aromatic heterocycles. The van der Waals surface area contributed by atoms with E-state index >= 15 is 0 Å². The van der Waals surface area contributed by atoms with Crippen molar-refractivity contribution in [1.82, 2.24) is 5.32 Å². The van der Waals surface area contributed by atoms with Gasteiger partial charge < -0.3 is 5.32 Å². The lowest BCUT2D eigenvalue weighted by atomic mass is 10.1. The molecule has 0 aliphatic heterocycles. The van der Waals surface area contributed by atoms with Gasteiger partial charge >= 0.3 is 0 Å². The molecule has 0 radical (unpaired) electrons. The topological polar surface area (TPSA) is 29.1 Å². The zero-order valence-electron chi connectivity index (χ0n) is 9.23. The summed E-state index contributed by atoms with van der Waals surface area (Å²) in [5, 5.41) is 2.95. The first-order chi connectivity index (χ1) is 6.20. The number of amides is 1. The zero-order valence-corrected chi connectivity index (χ0v) is 9.23. The van der Waals surface area contributed by atoms with Crippen molar-refractivity contribution in [2.75, 3.05) is 6.54 Å². The summed E-state index contributed by atoms with van der Waals surface area (Å²) in [6.07, 6.45) is 5.21. The van der Waals surface area contributed by atoms with Crippen LogP contribution in [0.25, 0.3) is 0 Å². The van der Waals surface area contributed by atoms with Gasteiger partial charge in [-0.25, -0.2) is 0 Å². The summed E-state index contributed by atoms with van der Waals surface area (Å²) in [6.45, 7) is 7.29. The normalized spacial score (nSPS) is 12.5. The van der Waals surface area contributed by atoms with E-state index in [2.05, 4.69) is 26.1 Å². The molecule has 1 N–H and O–H groups in total. The number of hydrogen-bond donors (Lipinski definition) is 1. The van der Waals surface area contributed by atoms with Gasteiger partial charge in [0.25, 0.3) is 0 Å². The lowest BCUT2D eigenvalue weighted by Gasteiger charge is -2.09. The number of carbonyl (C=O) groups is 1. The maximum absolute atomic E-state index is 11.2. The maximum Gasteiger partial charge on any atom is 0.220 e. The van der Waals surface area contributed by atoms with E-state index in [1.54, 1.807) is 0 Å². The molecule has 78 valence electrons. The fraction of sp³-hybridized carbons (Fsp3) is 0.909. The minimum absolute atomic E-state index is 0.216. The van der Waals surface area contributed by atoms with Crippen molar-refractivity contribution in [3.8, 4) is 0 Å². The second-order valence-corrected chi connectivity index (χ2v) is 3.77. The standard InChI is InChI=1S/C11H23NO/c1-4-6-7-8-11(13)12-9-10(3)5-2/h10H,4-9H2,1-3H3,(H,12,13). The van der Waals surface area contributed by atoms with Gasteiger partial charge in [0.2, 0.25) is 5.91 Å². The Bertz CT molecular complexity index is 134. The quantitative estimate of drug-likeness (QED) is 0.607. The van der Waals surface area contributed by atoms with E-state index in [9.17, 15) is 4.79 Å². The highest BCUT2D eigenvalue weighted by Gasteiger charge is 2.02. The molecule has 0 rings (SSSR count). The molecule has 0 fully saturated rings. The van der Waals surface area contributed by atoms with Crippen LogP contribution in [0.3, 0.4) is 0 Å². The average molecular weight is 185 g/mol. The first-order valence-electron chi connectivity index (χ1n) is 5.47. The molecule has 1 amide bonds. The number of rotatable bonds is 7. The summed E-state index contributed by atoms with van der Waals surface area (Å²) in [5.41, 5.74) is 0. The molecule has 0 aromatic carbocycles. The molecule has 2 heteroatoms. The van der Waals surface area contributed by atoms with Crippen molar-refractivity contribution in [3.63, 3.8) is 0 Å². The minimum atomic E-state index is 0.216. The monoisotopic (exact) mass is 185 g/mol. The summed E-state index contributed by atoms with van der Waals surface area (Å²) in [5.74, 6) is 0.823. The lowest BCUT2D eigenvalue weighted by Crippen LogP contribution is -2.27. The van der Waals surface area contributed by atoms with Gasteiger partial charge in [-0.1, -0.05) is 40.0 Å². The zero-order chi connectivity index (χ0) is 10.1. The Labute approximate surface area is 82.1 Å².